The molecule has 0 atom stereocenters. The number of rotatable bonds is 8. The van der Waals surface area contributed by atoms with Gasteiger partial charge in [-0.05, 0) is 126 Å². The van der Waals surface area contributed by atoms with Crippen molar-refractivity contribution in [3.05, 3.63) is 249 Å². The normalized spacial score (nSPS) is 11.4. The minimum absolute atomic E-state index is 1.09. The molecule has 0 saturated heterocycles. The summed E-state index contributed by atoms with van der Waals surface area (Å²) < 4.78 is 2.66. The van der Waals surface area contributed by atoms with E-state index in [-0.39, 0.29) is 0 Å². The number of benzene rings is 11. The topological polar surface area (TPSA) is 3.24 Å². The fraction of sp³-hybridized carbons (Fsp3) is 0. The molecule has 64 heavy (non-hydrogen) atoms. The van der Waals surface area contributed by atoms with Crippen molar-refractivity contribution in [2.45, 2.75) is 0 Å². The summed E-state index contributed by atoms with van der Waals surface area (Å²) in [5, 5.41) is 7.61. The number of thiophene rings is 1. The van der Waals surface area contributed by atoms with Gasteiger partial charge in [0.1, 0.15) is 0 Å². The van der Waals surface area contributed by atoms with Crippen LogP contribution in [0.15, 0.2) is 249 Å². The molecule has 1 aromatic heterocycles. The number of hydrogen-bond donors (Lipinski definition) is 0. The maximum atomic E-state index is 2.41. The summed E-state index contributed by atoms with van der Waals surface area (Å²) in [5.74, 6) is 0. The van der Waals surface area contributed by atoms with Crippen LogP contribution in [0.25, 0.3) is 97.4 Å². The van der Waals surface area contributed by atoms with Gasteiger partial charge in [-0.3, -0.25) is 0 Å². The predicted molar refractivity (Wildman–Crippen MR) is 276 cm³/mol. The van der Waals surface area contributed by atoms with Gasteiger partial charge in [-0.1, -0.05) is 194 Å². The van der Waals surface area contributed by atoms with Crippen LogP contribution in [-0.2, 0) is 0 Å². The lowest BCUT2D eigenvalue weighted by atomic mass is 9.95. The van der Waals surface area contributed by atoms with E-state index in [9.17, 15) is 0 Å². The zero-order valence-electron chi connectivity index (χ0n) is 35.0. The third-order valence-electron chi connectivity index (χ3n) is 12.7. The van der Waals surface area contributed by atoms with Gasteiger partial charge in [0.2, 0.25) is 0 Å². The average molecular weight is 832 g/mol. The van der Waals surface area contributed by atoms with E-state index >= 15 is 0 Å². The Morgan fingerprint density at radius 3 is 1.52 bits per heavy atom. The highest BCUT2D eigenvalue weighted by Crippen LogP contribution is 2.45. The molecule has 0 radical (unpaired) electrons. The molecule has 0 fully saturated rings. The highest BCUT2D eigenvalue weighted by Gasteiger charge is 2.19. The lowest BCUT2D eigenvalue weighted by Crippen LogP contribution is -2.11. The van der Waals surface area contributed by atoms with Crippen LogP contribution in [0, 0.1) is 0 Å². The first-order valence-electron chi connectivity index (χ1n) is 21.9. The second kappa shape index (κ2) is 16.0. The maximum Gasteiger partial charge on any atom is 0.0540 e. The van der Waals surface area contributed by atoms with Crippen molar-refractivity contribution in [3.63, 3.8) is 0 Å². The Kier molecular flexibility index (Phi) is 9.43. The standard InChI is InChI=1S/C62H41NS/c1-2-15-46-40-50(30-29-42(46)13-1)49-19-9-17-47(39-49)43-31-35-52(36-32-43)63(60-27-7-5-22-57(60)56-25-11-16-45-14-3-4-21-54(45)56)53-37-33-44(34-38-53)48-18-10-20-51(41-48)55-24-12-26-59-58-23-6-8-28-61(58)64-62(55)59/h1-41H. The highest BCUT2D eigenvalue weighted by molar-refractivity contribution is 7.26. The van der Waals surface area contributed by atoms with Gasteiger partial charge < -0.3 is 4.90 Å². The molecule has 0 aliphatic rings. The zero-order valence-corrected chi connectivity index (χ0v) is 35.8. The Hall–Kier alpha value is -8.04. The number of hydrogen-bond acceptors (Lipinski definition) is 2. The Labute approximate surface area is 377 Å². The molecular weight excluding hydrogens is 791 g/mol. The van der Waals surface area contributed by atoms with Gasteiger partial charge in [0, 0.05) is 37.1 Å². The lowest BCUT2D eigenvalue weighted by Gasteiger charge is -2.28. The van der Waals surface area contributed by atoms with Gasteiger partial charge in [-0.15, -0.1) is 11.3 Å². The van der Waals surface area contributed by atoms with Crippen LogP contribution in [-0.4, -0.2) is 0 Å². The molecule has 0 saturated carbocycles. The van der Waals surface area contributed by atoms with Crippen LogP contribution in [0.4, 0.5) is 17.1 Å². The van der Waals surface area contributed by atoms with Crippen molar-refractivity contribution in [2.24, 2.45) is 0 Å². The minimum Gasteiger partial charge on any atom is -0.310 e. The predicted octanol–water partition coefficient (Wildman–Crippen LogP) is 18.2. The van der Waals surface area contributed by atoms with Gasteiger partial charge in [0.25, 0.3) is 0 Å². The Balaban J connectivity index is 0.935. The number of fused-ring (bicyclic) bond motifs is 5. The molecule has 0 N–H and O–H groups in total. The summed E-state index contributed by atoms with van der Waals surface area (Å²) in [4.78, 5) is 2.41. The van der Waals surface area contributed by atoms with Crippen molar-refractivity contribution in [2.75, 3.05) is 4.90 Å². The van der Waals surface area contributed by atoms with E-state index in [0.717, 1.165) is 17.1 Å². The quantitative estimate of drug-likeness (QED) is 0.147. The maximum absolute atomic E-state index is 2.41. The van der Waals surface area contributed by atoms with Crippen LogP contribution < -0.4 is 4.90 Å². The molecule has 0 aliphatic carbocycles. The molecule has 0 spiro atoms. The molecule has 300 valence electrons. The molecule has 2 heteroatoms. The Morgan fingerprint density at radius 1 is 0.266 bits per heavy atom. The number of para-hydroxylation sites is 1. The second-order valence-corrected chi connectivity index (χ2v) is 17.5. The number of anilines is 3. The van der Waals surface area contributed by atoms with Crippen LogP contribution in [0.2, 0.25) is 0 Å². The van der Waals surface area contributed by atoms with Crippen molar-refractivity contribution in [1.29, 1.82) is 0 Å². The molecule has 1 heterocycles. The summed E-state index contributed by atoms with van der Waals surface area (Å²) >= 11 is 1.88. The zero-order chi connectivity index (χ0) is 42.4. The summed E-state index contributed by atoms with van der Waals surface area (Å²) in [7, 11) is 0. The van der Waals surface area contributed by atoms with E-state index in [1.807, 2.05) is 11.3 Å². The summed E-state index contributed by atoms with van der Waals surface area (Å²) in [6, 6.07) is 90.9. The molecule has 1 nitrogen and oxygen atoms in total. The third kappa shape index (κ3) is 6.82. The lowest BCUT2D eigenvalue weighted by molar-refractivity contribution is 1.28. The second-order valence-electron chi connectivity index (χ2n) is 16.5. The first kappa shape index (κ1) is 37.7. The largest absolute Gasteiger partial charge is 0.310 e. The van der Waals surface area contributed by atoms with Crippen LogP contribution >= 0.6 is 11.3 Å². The van der Waals surface area contributed by atoms with Crippen molar-refractivity contribution >= 4 is 70.1 Å². The van der Waals surface area contributed by atoms with Gasteiger partial charge >= 0.3 is 0 Å². The molecule has 11 aromatic carbocycles. The smallest absolute Gasteiger partial charge is 0.0540 e. The molecule has 0 bridgehead atoms. The fourth-order valence-electron chi connectivity index (χ4n) is 9.48. The van der Waals surface area contributed by atoms with Crippen LogP contribution in [0.3, 0.4) is 0 Å². The van der Waals surface area contributed by atoms with Gasteiger partial charge in [-0.2, -0.15) is 0 Å². The van der Waals surface area contributed by atoms with Crippen LogP contribution in [0.1, 0.15) is 0 Å². The van der Waals surface area contributed by atoms with E-state index in [2.05, 4.69) is 254 Å². The van der Waals surface area contributed by atoms with Gasteiger partial charge in [0.15, 0.2) is 0 Å². The van der Waals surface area contributed by atoms with E-state index in [1.54, 1.807) is 0 Å². The summed E-state index contributed by atoms with van der Waals surface area (Å²) in [6.45, 7) is 0. The third-order valence-corrected chi connectivity index (χ3v) is 13.9. The summed E-state index contributed by atoms with van der Waals surface area (Å²) in [5.41, 5.74) is 15.4. The first-order chi connectivity index (χ1) is 31.7. The SMILES string of the molecule is c1cc(-c2ccc(N(c3ccc(-c4cccc(-c5cccc6c5sc5ccccc56)c4)cc3)c3ccccc3-c3cccc4ccccc34)cc2)cc(-c2ccc3ccccc3c2)c1. The van der Waals surface area contributed by atoms with Crippen molar-refractivity contribution in [1.82, 2.24) is 0 Å². The molecule has 0 amide bonds. The Bertz CT molecular complexity index is 3670. The first-order valence-corrected chi connectivity index (χ1v) is 22.7. The molecule has 12 aromatic rings. The van der Waals surface area contributed by atoms with E-state index < -0.39 is 0 Å². The van der Waals surface area contributed by atoms with E-state index in [1.165, 1.54) is 97.4 Å². The molecule has 0 aliphatic heterocycles. The number of nitrogens with zero attached hydrogens (tertiary/aromatic N) is 1. The van der Waals surface area contributed by atoms with Gasteiger partial charge in [0.05, 0.1) is 5.69 Å². The molecule has 12 rings (SSSR count). The Morgan fingerprint density at radius 2 is 0.750 bits per heavy atom. The molecule has 0 unspecified atom stereocenters. The minimum atomic E-state index is 1.09. The average Bonchev–Trinajstić information content (AvgIpc) is 3.76. The van der Waals surface area contributed by atoms with Crippen molar-refractivity contribution in [3.8, 4) is 55.6 Å². The van der Waals surface area contributed by atoms with Crippen molar-refractivity contribution < 1.29 is 0 Å². The van der Waals surface area contributed by atoms with E-state index in [4.69, 9.17) is 0 Å². The summed E-state index contributed by atoms with van der Waals surface area (Å²) in [6.07, 6.45) is 0. The molecular formula is C62H41NS. The van der Waals surface area contributed by atoms with E-state index in [0.29, 0.717) is 0 Å². The van der Waals surface area contributed by atoms with Crippen LogP contribution in [0.5, 0.6) is 0 Å². The highest BCUT2D eigenvalue weighted by atomic mass is 32.1. The van der Waals surface area contributed by atoms with Gasteiger partial charge in [-0.25, -0.2) is 0 Å². The monoisotopic (exact) mass is 831 g/mol. The fourth-order valence-corrected chi connectivity index (χ4v) is 10.7.